The Kier molecular flexibility index (Phi) is 5.92. The second-order valence-corrected chi connectivity index (χ2v) is 8.37. The van der Waals surface area contributed by atoms with Gasteiger partial charge in [-0.25, -0.2) is 4.79 Å². The normalized spacial score (nSPS) is 15.9. The van der Waals surface area contributed by atoms with Gasteiger partial charge in [-0.15, -0.1) is 11.3 Å². The summed E-state index contributed by atoms with van der Waals surface area (Å²) in [4.78, 5) is 28.3. The van der Waals surface area contributed by atoms with Crippen molar-refractivity contribution < 1.29 is 9.21 Å². The van der Waals surface area contributed by atoms with E-state index < -0.39 is 5.76 Å². The molecule has 0 unspecified atom stereocenters. The van der Waals surface area contributed by atoms with Gasteiger partial charge < -0.3 is 14.6 Å². The Labute approximate surface area is 167 Å². The molecule has 0 saturated carbocycles. The SMILES string of the molecule is O=C(Cn1c(=O)oc2ccccc21)NCC1CCN(CCc2cccs2)CC1. The summed E-state index contributed by atoms with van der Waals surface area (Å²) < 4.78 is 6.57. The van der Waals surface area contributed by atoms with E-state index in [1.54, 1.807) is 12.1 Å². The van der Waals surface area contributed by atoms with Gasteiger partial charge in [0.05, 0.1) is 5.52 Å². The average Bonchev–Trinajstić information content (AvgIpc) is 3.34. The molecule has 1 fully saturated rings. The van der Waals surface area contributed by atoms with Crippen molar-refractivity contribution in [2.75, 3.05) is 26.2 Å². The van der Waals surface area contributed by atoms with E-state index in [2.05, 4.69) is 27.7 Å². The molecule has 0 spiro atoms. The van der Waals surface area contributed by atoms with Crippen LogP contribution in [-0.2, 0) is 17.8 Å². The molecule has 6 nitrogen and oxygen atoms in total. The number of fused-ring (bicyclic) bond motifs is 1. The third-order valence-electron chi connectivity index (χ3n) is 5.43. The fourth-order valence-corrected chi connectivity index (χ4v) is 4.46. The average molecular weight is 400 g/mol. The molecule has 1 N–H and O–H groups in total. The molecule has 4 rings (SSSR count). The maximum atomic E-state index is 12.3. The summed E-state index contributed by atoms with van der Waals surface area (Å²) in [7, 11) is 0. The first-order valence-corrected chi connectivity index (χ1v) is 10.7. The summed E-state index contributed by atoms with van der Waals surface area (Å²) in [6, 6.07) is 11.5. The fourth-order valence-electron chi connectivity index (χ4n) is 3.76. The van der Waals surface area contributed by atoms with Crippen LogP contribution in [0.1, 0.15) is 17.7 Å². The van der Waals surface area contributed by atoms with Gasteiger partial charge in [-0.1, -0.05) is 18.2 Å². The van der Waals surface area contributed by atoms with E-state index in [0.717, 1.165) is 38.9 Å². The van der Waals surface area contributed by atoms with E-state index in [0.29, 0.717) is 23.6 Å². The van der Waals surface area contributed by atoms with Crippen LogP contribution in [0.25, 0.3) is 11.1 Å². The second-order valence-electron chi connectivity index (χ2n) is 7.34. The number of carbonyl (C=O) groups excluding carboxylic acids is 1. The van der Waals surface area contributed by atoms with Gasteiger partial charge in [0, 0.05) is 18.0 Å². The number of likely N-dealkylation sites (tertiary alicyclic amines) is 1. The van der Waals surface area contributed by atoms with E-state index in [4.69, 9.17) is 4.42 Å². The molecule has 3 heterocycles. The standard InChI is InChI=1S/C21H25N3O3S/c25-20(15-24-18-5-1-2-6-19(18)27-21(24)26)22-14-16-7-10-23(11-8-16)12-9-17-4-3-13-28-17/h1-6,13,16H,7-12,14-15H2,(H,22,25). The van der Waals surface area contributed by atoms with Gasteiger partial charge in [0.15, 0.2) is 5.58 Å². The summed E-state index contributed by atoms with van der Waals surface area (Å²) in [5, 5.41) is 5.12. The van der Waals surface area contributed by atoms with E-state index in [-0.39, 0.29) is 12.5 Å². The Morgan fingerprint density at radius 2 is 2.00 bits per heavy atom. The van der Waals surface area contributed by atoms with Gasteiger partial charge in [0.1, 0.15) is 6.54 Å². The van der Waals surface area contributed by atoms with Crippen molar-refractivity contribution in [3.8, 4) is 0 Å². The summed E-state index contributed by atoms with van der Waals surface area (Å²) in [5.41, 5.74) is 1.16. The van der Waals surface area contributed by atoms with Crippen molar-refractivity contribution in [3.63, 3.8) is 0 Å². The molecular weight excluding hydrogens is 374 g/mol. The molecule has 7 heteroatoms. The zero-order chi connectivity index (χ0) is 19.3. The molecule has 1 amide bonds. The van der Waals surface area contributed by atoms with Crippen LogP contribution in [0.5, 0.6) is 0 Å². The lowest BCUT2D eigenvalue weighted by Crippen LogP contribution is -2.40. The smallest absolute Gasteiger partial charge is 0.408 e. The van der Waals surface area contributed by atoms with Gasteiger partial charge >= 0.3 is 5.76 Å². The Balaban J connectivity index is 1.21. The number of nitrogens with one attached hydrogen (secondary N) is 1. The lowest BCUT2D eigenvalue weighted by molar-refractivity contribution is -0.121. The third kappa shape index (κ3) is 4.54. The van der Waals surface area contributed by atoms with E-state index >= 15 is 0 Å². The molecule has 0 radical (unpaired) electrons. The number of benzene rings is 1. The zero-order valence-electron chi connectivity index (χ0n) is 15.8. The number of carbonyl (C=O) groups is 1. The van der Waals surface area contributed by atoms with Crippen LogP contribution in [-0.4, -0.2) is 41.6 Å². The number of hydrogen-bond acceptors (Lipinski definition) is 5. The number of nitrogens with zero attached hydrogens (tertiary/aromatic N) is 2. The highest BCUT2D eigenvalue weighted by Gasteiger charge is 2.20. The van der Waals surface area contributed by atoms with Crippen LogP contribution >= 0.6 is 11.3 Å². The van der Waals surface area contributed by atoms with Crippen LogP contribution < -0.4 is 11.1 Å². The third-order valence-corrected chi connectivity index (χ3v) is 6.36. The first kappa shape index (κ1) is 19.0. The highest BCUT2D eigenvalue weighted by molar-refractivity contribution is 7.09. The Hall–Kier alpha value is -2.38. The number of hydrogen-bond donors (Lipinski definition) is 1. The lowest BCUT2D eigenvalue weighted by Gasteiger charge is -2.31. The lowest BCUT2D eigenvalue weighted by atomic mass is 9.96. The highest BCUT2D eigenvalue weighted by atomic mass is 32.1. The number of thiophene rings is 1. The first-order valence-electron chi connectivity index (χ1n) is 9.79. The van der Waals surface area contributed by atoms with Crippen LogP contribution in [0.4, 0.5) is 0 Å². The van der Waals surface area contributed by atoms with E-state index in [1.807, 2.05) is 23.5 Å². The summed E-state index contributed by atoms with van der Waals surface area (Å²) in [6.07, 6.45) is 3.31. The number of amides is 1. The molecule has 0 atom stereocenters. The zero-order valence-corrected chi connectivity index (χ0v) is 16.6. The first-order chi connectivity index (χ1) is 13.7. The van der Waals surface area contributed by atoms with Crippen molar-refractivity contribution in [1.29, 1.82) is 0 Å². The van der Waals surface area contributed by atoms with Crippen molar-refractivity contribution in [1.82, 2.24) is 14.8 Å². The van der Waals surface area contributed by atoms with Crippen molar-refractivity contribution in [3.05, 3.63) is 57.2 Å². The predicted molar refractivity (Wildman–Crippen MR) is 111 cm³/mol. The van der Waals surface area contributed by atoms with Crippen LogP contribution in [0.2, 0.25) is 0 Å². The molecule has 0 bridgehead atoms. The van der Waals surface area contributed by atoms with Gasteiger partial charge in [-0.2, -0.15) is 0 Å². The quantitative estimate of drug-likeness (QED) is 0.663. The molecule has 148 valence electrons. The molecule has 28 heavy (non-hydrogen) atoms. The Bertz CT molecular complexity index is 968. The van der Waals surface area contributed by atoms with Crippen molar-refractivity contribution in [2.24, 2.45) is 5.92 Å². The van der Waals surface area contributed by atoms with Gasteiger partial charge in [-0.05, 0) is 61.8 Å². The molecular formula is C21H25N3O3S. The number of aromatic nitrogens is 1. The maximum absolute atomic E-state index is 12.3. The van der Waals surface area contributed by atoms with E-state index in [9.17, 15) is 9.59 Å². The highest BCUT2D eigenvalue weighted by Crippen LogP contribution is 2.18. The van der Waals surface area contributed by atoms with Crippen LogP contribution in [0, 0.1) is 5.92 Å². The Morgan fingerprint density at radius 1 is 1.18 bits per heavy atom. The summed E-state index contributed by atoms with van der Waals surface area (Å²) in [5.74, 6) is -0.135. The van der Waals surface area contributed by atoms with E-state index in [1.165, 1.54) is 9.44 Å². The molecule has 3 aromatic rings. The summed E-state index contributed by atoms with van der Waals surface area (Å²) >= 11 is 1.82. The monoisotopic (exact) mass is 399 g/mol. The van der Waals surface area contributed by atoms with Gasteiger partial charge in [0.2, 0.25) is 5.91 Å². The minimum absolute atomic E-state index is 0.00446. The Morgan fingerprint density at radius 3 is 2.79 bits per heavy atom. The molecule has 1 aromatic carbocycles. The molecule has 1 aliphatic rings. The number of piperidine rings is 1. The topological polar surface area (TPSA) is 67.5 Å². The van der Waals surface area contributed by atoms with Gasteiger partial charge in [0.25, 0.3) is 0 Å². The number of para-hydroxylation sites is 2. The fraction of sp³-hybridized carbons (Fsp3) is 0.429. The molecule has 1 aliphatic heterocycles. The second kappa shape index (κ2) is 8.75. The van der Waals surface area contributed by atoms with Crippen molar-refractivity contribution in [2.45, 2.75) is 25.8 Å². The van der Waals surface area contributed by atoms with Crippen LogP contribution in [0.3, 0.4) is 0 Å². The minimum Gasteiger partial charge on any atom is -0.408 e. The largest absolute Gasteiger partial charge is 0.420 e. The number of oxazole rings is 1. The molecule has 2 aromatic heterocycles. The summed E-state index contributed by atoms with van der Waals surface area (Å²) in [6.45, 7) is 3.93. The molecule has 1 saturated heterocycles. The minimum atomic E-state index is -0.490. The number of rotatable bonds is 7. The van der Waals surface area contributed by atoms with Gasteiger partial charge in [-0.3, -0.25) is 9.36 Å². The van der Waals surface area contributed by atoms with Crippen LogP contribution in [0.15, 0.2) is 51.0 Å². The predicted octanol–water partition coefficient (Wildman–Crippen LogP) is 2.73. The van der Waals surface area contributed by atoms with Crippen molar-refractivity contribution >= 4 is 28.3 Å². The molecule has 0 aliphatic carbocycles. The maximum Gasteiger partial charge on any atom is 0.420 e.